The largest absolute Gasteiger partial charge is 0.392 e. The fourth-order valence-corrected chi connectivity index (χ4v) is 2.30. The predicted molar refractivity (Wildman–Crippen MR) is 58.1 cm³/mol. The number of hydrogen-bond acceptors (Lipinski definition) is 1. The highest BCUT2D eigenvalue weighted by Gasteiger charge is 2.31. The maximum atomic E-state index is 9.75. The zero-order valence-electron chi connectivity index (χ0n) is 8.26. The molecule has 0 aliphatic heterocycles. The van der Waals surface area contributed by atoms with Gasteiger partial charge in [0.15, 0.2) is 0 Å². The monoisotopic (exact) mass is 188 g/mol. The van der Waals surface area contributed by atoms with Gasteiger partial charge in [-0.25, -0.2) is 0 Å². The van der Waals surface area contributed by atoms with Crippen LogP contribution in [0.4, 0.5) is 0 Å². The zero-order valence-corrected chi connectivity index (χ0v) is 8.26. The van der Waals surface area contributed by atoms with Crippen LogP contribution < -0.4 is 0 Å². The summed E-state index contributed by atoms with van der Waals surface area (Å²) in [5.41, 5.74) is 1.34. The molecule has 1 heteroatoms. The molecule has 1 fully saturated rings. The van der Waals surface area contributed by atoms with Crippen LogP contribution in [0.2, 0.25) is 0 Å². The predicted octanol–water partition coefficient (Wildman–Crippen LogP) is 2.73. The summed E-state index contributed by atoms with van der Waals surface area (Å²) >= 11 is 0. The lowest BCUT2D eigenvalue weighted by atomic mass is 9.96. The Balaban J connectivity index is 2.12. The number of hydrogen-bond donors (Lipinski definition) is 1. The molecular formula is C13H16O. The molecule has 3 atom stereocenters. The molecule has 0 aromatic heterocycles. The average molecular weight is 188 g/mol. The van der Waals surface area contributed by atoms with Gasteiger partial charge in [0.1, 0.15) is 0 Å². The van der Waals surface area contributed by atoms with Crippen LogP contribution in [0.5, 0.6) is 0 Å². The van der Waals surface area contributed by atoms with Crippen LogP contribution in [0, 0.1) is 5.92 Å². The van der Waals surface area contributed by atoms with Gasteiger partial charge in [-0.05, 0) is 24.3 Å². The number of benzene rings is 1. The minimum Gasteiger partial charge on any atom is -0.392 e. The summed E-state index contributed by atoms with van der Waals surface area (Å²) in [5.74, 6) is 0.786. The summed E-state index contributed by atoms with van der Waals surface area (Å²) in [6, 6.07) is 10.4. The summed E-state index contributed by atoms with van der Waals surface area (Å²) < 4.78 is 0. The minimum absolute atomic E-state index is 0.197. The quantitative estimate of drug-likeness (QED) is 0.707. The molecule has 1 nitrogen and oxygen atoms in total. The molecular weight excluding hydrogens is 172 g/mol. The van der Waals surface area contributed by atoms with E-state index in [9.17, 15) is 5.11 Å². The molecule has 0 bridgehead atoms. The minimum atomic E-state index is -0.197. The highest BCUT2D eigenvalue weighted by atomic mass is 16.3. The van der Waals surface area contributed by atoms with Crippen LogP contribution in [0.3, 0.4) is 0 Å². The van der Waals surface area contributed by atoms with Crippen molar-refractivity contribution in [2.45, 2.75) is 24.9 Å². The van der Waals surface area contributed by atoms with Crippen molar-refractivity contribution in [3.8, 4) is 0 Å². The van der Waals surface area contributed by atoms with E-state index in [1.54, 1.807) is 0 Å². The maximum absolute atomic E-state index is 9.75. The molecule has 1 aromatic carbocycles. The van der Waals surface area contributed by atoms with E-state index in [1.165, 1.54) is 5.56 Å². The van der Waals surface area contributed by atoms with Crippen LogP contribution in [-0.4, -0.2) is 11.2 Å². The smallest absolute Gasteiger partial charge is 0.0608 e. The van der Waals surface area contributed by atoms with Crippen molar-refractivity contribution in [2.24, 2.45) is 5.92 Å². The summed E-state index contributed by atoms with van der Waals surface area (Å²) in [7, 11) is 0. The molecule has 1 N–H and O–H groups in total. The molecule has 3 unspecified atom stereocenters. The van der Waals surface area contributed by atoms with Crippen molar-refractivity contribution < 1.29 is 5.11 Å². The molecule has 0 spiro atoms. The molecule has 1 aliphatic carbocycles. The van der Waals surface area contributed by atoms with Gasteiger partial charge >= 0.3 is 0 Å². The third-order valence-electron chi connectivity index (χ3n) is 3.15. The highest BCUT2D eigenvalue weighted by molar-refractivity contribution is 5.22. The van der Waals surface area contributed by atoms with Gasteiger partial charge in [0, 0.05) is 5.92 Å². The lowest BCUT2D eigenvalue weighted by Gasteiger charge is -2.08. The zero-order chi connectivity index (χ0) is 9.97. The van der Waals surface area contributed by atoms with Gasteiger partial charge in [-0.15, -0.1) is 6.58 Å². The fourth-order valence-electron chi connectivity index (χ4n) is 2.30. The van der Waals surface area contributed by atoms with Crippen LogP contribution in [0.1, 0.15) is 24.3 Å². The van der Waals surface area contributed by atoms with Gasteiger partial charge in [0.25, 0.3) is 0 Å². The van der Waals surface area contributed by atoms with Crippen LogP contribution >= 0.6 is 0 Å². The molecule has 0 heterocycles. The first kappa shape index (κ1) is 9.47. The van der Waals surface area contributed by atoms with Crippen molar-refractivity contribution >= 4 is 0 Å². The van der Waals surface area contributed by atoms with Crippen molar-refractivity contribution in [3.63, 3.8) is 0 Å². The second-order valence-electron chi connectivity index (χ2n) is 4.05. The normalized spacial score (nSPS) is 31.6. The molecule has 14 heavy (non-hydrogen) atoms. The van der Waals surface area contributed by atoms with Crippen molar-refractivity contribution in [1.29, 1.82) is 0 Å². The first-order valence-electron chi connectivity index (χ1n) is 5.17. The molecule has 0 radical (unpaired) electrons. The van der Waals surface area contributed by atoms with Gasteiger partial charge < -0.3 is 5.11 Å². The molecule has 0 saturated heterocycles. The van der Waals surface area contributed by atoms with E-state index in [0.717, 1.165) is 12.8 Å². The molecule has 1 aromatic rings. The number of aliphatic hydroxyl groups is 1. The Morgan fingerprint density at radius 3 is 2.50 bits per heavy atom. The fraction of sp³-hybridized carbons (Fsp3) is 0.385. The standard InChI is InChI=1S/C13H16O/c1-2-10-8-12(9-13(10)14)11-6-4-3-5-7-11/h2-7,10,12-14H,1,8-9H2. The first-order valence-corrected chi connectivity index (χ1v) is 5.17. The molecule has 1 saturated carbocycles. The van der Waals surface area contributed by atoms with Gasteiger partial charge in [0.05, 0.1) is 6.10 Å². The van der Waals surface area contributed by atoms with Crippen molar-refractivity contribution in [1.82, 2.24) is 0 Å². The second kappa shape index (κ2) is 3.97. The lowest BCUT2D eigenvalue weighted by molar-refractivity contribution is 0.152. The van der Waals surface area contributed by atoms with Crippen LogP contribution in [0.15, 0.2) is 43.0 Å². The Bertz CT molecular complexity index is 304. The Kier molecular flexibility index (Phi) is 2.69. The topological polar surface area (TPSA) is 20.2 Å². The summed E-state index contributed by atoms with van der Waals surface area (Å²) in [5, 5.41) is 9.75. The SMILES string of the molecule is C=CC1CC(c2ccccc2)CC1O. The van der Waals surface area contributed by atoms with Gasteiger partial charge in [-0.3, -0.25) is 0 Å². The third kappa shape index (κ3) is 1.73. The summed E-state index contributed by atoms with van der Waals surface area (Å²) in [6.45, 7) is 3.76. The summed E-state index contributed by atoms with van der Waals surface area (Å²) in [6.07, 6.45) is 3.60. The van der Waals surface area contributed by atoms with Crippen LogP contribution in [-0.2, 0) is 0 Å². The van der Waals surface area contributed by atoms with Gasteiger partial charge in [-0.1, -0.05) is 36.4 Å². The first-order chi connectivity index (χ1) is 6.81. The molecule has 1 aliphatic rings. The van der Waals surface area contributed by atoms with Crippen molar-refractivity contribution in [2.75, 3.05) is 0 Å². The molecule has 2 rings (SSSR count). The maximum Gasteiger partial charge on any atom is 0.0608 e. The van der Waals surface area contributed by atoms with E-state index >= 15 is 0 Å². The van der Waals surface area contributed by atoms with Gasteiger partial charge in [0.2, 0.25) is 0 Å². The molecule has 74 valence electrons. The number of rotatable bonds is 2. The van der Waals surface area contributed by atoms with E-state index in [0.29, 0.717) is 5.92 Å². The Morgan fingerprint density at radius 1 is 1.21 bits per heavy atom. The Labute approximate surface area is 85.1 Å². The lowest BCUT2D eigenvalue weighted by Crippen LogP contribution is -2.09. The van der Waals surface area contributed by atoms with Crippen LogP contribution in [0.25, 0.3) is 0 Å². The van der Waals surface area contributed by atoms with E-state index < -0.39 is 0 Å². The van der Waals surface area contributed by atoms with E-state index in [-0.39, 0.29) is 12.0 Å². The van der Waals surface area contributed by atoms with E-state index in [2.05, 4.69) is 30.8 Å². The third-order valence-corrected chi connectivity index (χ3v) is 3.15. The molecule has 0 amide bonds. The average Bonchev–Trinajstić information content (AvgIpc) is 2.61. The number of aliphatic hydroxyl groups excluding tert-OH is 1. The van der Waals surface area contributed by atoms with Crippen molar-refractivity contribution in [3.05, 3.63) is 48.6 Å². The Morgan fingerprint density at radius 2 is 1.93 bits per heavy atom. The highest BCUT2D eigenvalue weighted by Crippen LogP contribution is 2.38. The van der Waals surface area contributed by atoms with E-state index in [4.69, 9.17) is 0 Å². The Hall–Kier alpha value is -1.08. The second-order valence-corrected chi connectivity index (χ2v) is 4.05. The van der Waals surface area contributed by atoms with E-state index in [1.807, 2.05) is 12.1 Å². The van der Waals surface area contributed by atoms with Gasteiger partial charge in [-0.2, -0.15) is 0 Å². The summed E-state index contributed by atoms with van der Waals surface area (Å²) in [4.78, 5) is 0.